The first-order valence-corrected chi connectivity index (χ1v) is 10.1. The minimum absolute atomic E-state index is 1.25. The van der Waals surface area contributed by atoms with Gasteiger partial charge in [-0.05, 0) is 45.2 Å². The Bertz CT molecular complexity index is 972. The number of fused-ring (bicyclic) bond motifs is 2. The molecule has 0 spiro atoms. The average Bonchev–Trinajstić information content (AvgIpc) is 2.70. The van der Waals surface area contributed by atoms with Gasteiger partial charge in [0.1, 0.15) is 0 Å². The van der Waals surface area contributed by atoms with E-state index >= 15 is 0 Å². The van der Waals surface area contributed by atoms with Gasteiger partial charge >= 0.3 is 0 Å². The SMILES string of the molecule is CCC.CCC.Cc1ccc(-c2cccc3ccccc23)c2ccccc12. The summed E-state index contributed by atoms with van der Waals surface area (Å²) in [7, 11) is 0. The lowest BCUT2D eigenvalue weighted by molar-refractivity contribution is 1.09. The molecule has 0 N–H and O–H groups in total. The number of hydrogen-bond donors (Lipinski definition) is 0. The molecule has 0 atom stereocenters. The Labute approximate surface area is 164 Å². The summed E-state index contributed by atoms with van der Waals surface area (Å²) in [5.74, 6) is 0. The molecule has 0 amide bonds. The fraction of sp³-hybridized carbons (Fsp3) is 0.259. The monoisotopic (exact) mass is 356 g/mol. The summed E-state index contributed by atoms with van der Waals surface area (Å²) >= 11 is 0. The molecular weight excluding hydrogens is 324 g/mol. The predicted octanol–water partition coefficient (Wildman–Crippen LogP) is 8.80. The van der Waals surface area contributed by atoms with Crippen molar-refractivity contribution >= 4 is 21.5 Å². The lowest BCUT2D eigenvalue weighted by Crippen LogP contribution is -1.86. The zero-order chi connectivity index (χ0) is 19.6. The normalized spacial score (nSPS) is 9.96. The van der Waals surface area contributed by atoms with Crippen LogP contribution in [0.15, 0.2) is 78.9 Å². The third kappa shape index (κ3) is 4.98. The maximum absolute atomic E-state index is 2.25. The Balaban J connectivity index is 0.000000389. The molecule has 0 bridgehead atoms. The van der Waals surface area contributed by atoms with Gasteiger partial charge in [0, 0.05) is 0 Å². The van der Waals surface area contributed by atoms with Crippen LogP contribution in [-0.2, 0) is 0 Å². The van der Waals surface area contributed by atoms with Crippen LogP contribution >= 0.6 is 0 Å². The van der Waals surface area contributed by atoms with Gasteiger partial charge in [-0.15, -0.1) is 0 Å². The largest absolute Gasteiger partial charge is 0.0656 e. The second kappa shape index (κ2) is 10.5. The second-order valence-corrected chi connectivity index (χ2v) is 6.92. The fourth-order valence-corrected chi connectivity index (χ4v) is 3.14. The molecule has 27 heavy (non-hydrogen) atoms. The average molecular weight is 357 g/mol. The molecule has 0 fully saturated rings. The minimum Gasteiger partial charge on any atom is -0.0656 e. The second-order valence-electron chi connectivity index (χ2n) is 6.92. The lowest BCUT2D eigenvalue weighted by Gasteiger charge is -2.11. The zero-order valence-corrected chi connectivity index (χ0v) is 17.4. The molecule has 0 saturated heterocycles. The predicted molar refractivity (Wildman–Crippen MR) is 124 cm³/mol. The number of benzene rings is 4. The van der Waals surface area contributed by atoms with Gasteiger partial charge in [-0.2, -0.15) is 0 Å². The van der Waals surface area contributed by atoms with E-state index in [-0.39, 0.29) is 0 Å². The fourth-order valence-electron chi connectivity index (χ4n) is 3.14. The molecule has 0 aromatic heterocycles. The highest BCUT2D eigenvalue weighted by Gasteiger charge is 2.08. The van der Waals surface area contributed by atoms with E-state index in [4.69, 9.17) is 0 Å². The lowest BCUT2D eigenvalue weighted by atomic mass is 9.92. The van der Waals surface area contributed by atoms with Gasteiger partial charge in [0.05, 0.1) is 0 Å². The Kier molecular flexibility index (Phi) is 8.07. The van der Waals surface area contributed by atoms with Crippen molar-refractivity contribution in [3.8, 4) is 11.1 Å². The van der Waals surface area contributed by atoms with E-state index in [1.54, 1.807) is 0 Å². The topological polar surface area (TPSA) is 0 Å². The number of rotatable bonds is 1. The van der Waals surface area contributed by atoms with E-state index in [0.717, 1.165) is 0 Å². The number of hydrogen-bond acceptors (Lipinski definition) is 0. The highest BCUT2D eigenvalue weighted by Crippen LogP contribution is 2.34. The van der Waals surface area contributed by atoms with Gasteiger partial charge in [0.2, 0.25) is 0 Å². The van der Waals surface area contributed by atoms with E-state index in [9.17, 15) is 0 Å². The molecule has 0 aliphatic carbocycles. The molecule has 4 rings (SSSR count). The van der Waals surface area contributed by atoms with Crippen LogP contribution < -0.4 is 0 Å². The Morgan fingerprint density at radius 1 is 0.481 bits per heavy atom. The highest BCUT2D eigenvalue weighted by molar-refractivity contribution is 6.06. The zero-order valence-electron chi connectivity index (χ0n) is 17.4. The van der Waals surface area contributed by atoms with E-state index in [1.165, 1.54) is 51.1 Å². The molecule has 0 heterocycles. The van der Waals surface area contributed by atoms with E-state index < -0.39 is 0 Å². The number of aryl methyl sites for hydroxylation is 1. The summed E-state index contributed by atoms with van der Waals surface area (Å²) in [6, 6.07) is 28.3. The summed E-state index contributed by atoms with van der Waals surface area (Å²) in [6.45, 7) is 10.7. The molecule has 0 radical (unpaired) electrons. The van der Waals surface area contributed by atoms with Crippen molar-refractivity contribution in [2.24, 2.45) is 0 Å². The van der Waals surface area contributed by atoms with Gasteiger partial charge in [0.25, 0.3) is 0 Å². The van der Waals surface area contributed by atoms with Crippen LogP contribution in [0.2, 0.25) is 0 Å². The molecule has 140 valence electrons. The van der Waals surface area contributed by atoms with Crippen LogP contribution in [-0.4, -0.2) is 0 Å². The third-order valence-electron chi connectivity index (χ3n) is 4.22. The van der Waals surface area contributed by atoms with Crippen LogP contribution in [0, 0.1) is 6.92 Å². The van der Waals surface area contributed by atoms with E-state index in [1.807, 2.05) is 0 Å². The molecule has 0 saturated carbocycles. The van der Waals surface area contributed by atoms with Crippen molar-refractivity contribution < 1.29 is 0 Å². The van der Waals surface area contributed by atoms with Crippen molar-refractivity contribution in [3.63, 3.8) is 0 Å². The molecule has 0 unspecified atom stereocenters. The maximum atomic E-state index is 2.25. The molecule has 4 aromatic carbocycles. The van der Waals surface area contributed by atoms with Crippen LogP contribution in [0.5, 0.6) is 0 Å². The van der Waals surface area contributed by atoms with Gasteiger partial charge in [-0.1, -0.05) is 119 Å². The third-order valence-corrected chi connectivity index (χ3v) is 4.22. The summed E-state index contributed by atoms with van der Waals surface area (Å²) in [5.41, 5.74) is 3.95. The summed E-state index contributed by atoms with van der Waals surface area (Å²) in [6.07, 6.45) is 2.50. The molecule has 0 heteroatoms. The van der Waals surface area contributed by atoms with Gasteiger partial charge < -0.3 is 0 Å². The smallest absolute Gasteiger partial charge is 0.00990 e. The van der Waals surface area contributed by atoms with Crippen molar-refractivity contribution in [2.45, 2.75) is 47.5 Å². The summed E-state index contributed by atoms with van der Waals surface area (Å²) in [5, 5.41) is 5.27. The minimum atomic E-state index is 1.25. The van der Waals surface area contributed by atoms with Crippen LogP contribution in [0.4, 0.5) is 0 Å². The quantitative estimate of drug-likeness (QED) is 0.319. The summed E-state index contributed by atoms with van der Waals surface area (Å²) < 4.78 is 0. The maximum Gasteiger partial charge on any atom is -0.00990 e. The standard InChI is InChI=1S/C21H16.2C3H8/c1-15-13-14-21(19-11-5-4-9-17(15)19)20-12-6-8-16-7-2-3-10-18(16)20;2*1-3-2/h2-14H,1H3;2*3H2,1-2H3. The Morgan fingerprint density at radius 3 is 1.63 bits per heavy atom. The van der Waals surface area contributed by atoms with Crippen molar-refractivity contribution in [1.82, 2.24) is 0 Å². The Hall–Kier alpha value is -2.60. The Morgan fingerprint density at radius 2 is 0.963 bits per heavy atom. The molecular formula is C27H32. The van der Waals surface area contributed by atoms with Crippen molar-refractivity contribution in [1.29, 1.82) is 0 Å². The van der Waals surface area contributed by atoms with Gasteiger partial charge in [0.15, 0.2) is 0 Å². The van der Waals surface area contributed by atoms with Crippen LogP contribution in [0.1, 0.15) is 46.1 Å². The van der Waals surface area contributed by atoms with E-state index in [0.29, 0.717) is 0 Å². The van der Waals surface area contributed by atoms with E-state index in [2.05, 4.69) is 113 Å². The van der Waals surface area contributed by atoms with Crippen LogP contribution in [0.3, 0.4) is 0 Å². The highest BCUT2D eigenvalue weighted by atomic mass is 14.1. The van der Waals surface area contributed by atoms with Gasteiger partial charge in [-0.3, -0.25) is 0 Å². The molecule has 0 aliphatic heterocycles. The van der Waals surface area contributed by atoms with Crippen molar-refractivity contribution in [2.75, 3.05) is 0 Å². The van der Waals surface area contributed by atoms with Gasteiger partial charge in [-0.25, -0.2) is 0 Å². The van der Waals surface area contributed by atoms with Crippen LogP contribution in [0.25, 0.3) is 32.7 Å². The van der Waals surface area contributed by atoms with Crippen molar-refractivity contribution in [3.05, 3.63) is 84.4 Å². The molecule has 0 aliphatic rings. The first-order chi connectivity index (χ1) is 13.2. The molecule has 0 nitrogen and oxygen atoms in total. The summed E-state index contributed by atoms with van der Waals surface area (Å²) in [4.78, 5) is 0. The first-order valence-electron chi connectivity index (χ1n) is 10.1. The molecule has 4 aromatic rings. The first kappa shape index (κ1) is 20.7.